The molecular formula is C18H23BrN2O2. The van der Waals surface area contributed by atoms with E-state index in [4.69, 9.17) is 0 Å². The standard InChI is InChI=1S/C18H23BrN2O2/c19-14-4-5-15-13(10-14)2-1-3-16(15)21(18(22)23)17-11-20-8-6-12(17)7-9-20/h4-5,10,12,16-17H,1-3,6-9,11H2,(H,22,23). The van der Waals surface area contributed by atoms with Gasteiger partial charge < -0.3 is 10.0 Å². The molecule has 4 nitrogen and oxygen atoms in total. The summed E-state index contributed by atoms with van der Waals surface area (Å²) in [5.74, 6) is 0.539. The van der Waals surface area contributed by atoms with Crippen molar-refractivity contribution in [3.8, 4) is 0 Å². The van der Waals surface area contributed by atoms with E-state index in [1.807, 2.05) is 11.0 Å². The maximum atomic E-state index is 12.1. The fraction of sp³-hybridized carbons (Fsp3) is 0.611. The number of hydrogen-bond acceptors (Lipinski definition) is 2. The van der Waals surface area contributed by atoms with Crippen molar-refractivity contribution in [3.63, 3.8) is 0 Å². The molecule has 1 aromatic rings. The smallest absolute Gasteiger partial charge is 0.408 e. The van der Waals surface area contributed by atoms with Gasteiger partial charge in [0.15, 0.2) is 0 Å². The number of nitrogens with zero attached hydrogens (tertiary/aromatic N) is 2. The molecule has 0 radical (unpaired) electrons. The molecule has 3 saturated heterocycles. The van der Waals surface area contributed by atoms with Crippen molar-refractivity contribution in [3.05, 3.63) is 33.8 Å². The molecule has 0 aromatic heterocycles. The lowest BCUT2D eigenvalue weighted by molar-refractivity contribution is -0.00969. The highest BCUT2D eigenvalue weighted by molar-refractivity contribution is 9.10. The summed E-state index contributed by atoms with van der Waals surface area (Å²) >= 11 is 3.54. The van der Waals surface area contributed by atoms with E-state index in [1.165, 1.54) is 11.1 Å². The lowest BCUT2D eigenvalue weighted by Crippen LogP contribution is -2.59. The van der Waals surface area contributed by atoms with E-state index < -0.39 is 6.09 Å². The Balaban J connectivity index is 1.68. The third kappa shape index (κ3) is 2.78. The van der Waals surface area contributed by atoms with Crippen LogP contribution in [0.5, 0.6) is 0 Å². The van der Waals surface area contributed by atoms with E-state index in [0.29, 0.717) is 5.92 Å². The summed E-state index contributed by atoms with van der Waals surface area (Å²) in [4.78, 5) is 16.4. The van der Waals surface area contributed by atoms with Crippen LogP contribution in [-0.2, 0) is 6.42 Å². The molecule has 5 heteroatoms. The SMILES string of the molecule is O=C(O)N(C1CCCc2cc(Br)ccc21)C1CN2CCC1CC2. The molecule has 0 spiro atoms. The van der Waals surface area contributed by atoms with Crippen molar-refractivity contribution >= 4 is 22.0 Å². The number of rotatable bonds is 2. The van der Waals surface area contributed by atoms with Crippen LogP contribution in [0.15, 0.2) is 22.7 Å². The van der Waals surface area contributed by atoms with Crippen LogP contribution in [0.2, 0.25) is 0 Å². The van der Waals surface area contributed by atoms with Gasteiger partial charge in [-0.15, -0.1) is 0 Å². The number of carboxylic acid groups (broad SMARTS) is 1. The minimum Gasteiger partial charge on any atom is -0.465 e. The van der Waals surface area contributed by atoms with Crippen LogP contribution >= 0.6 is 15.9 Å². The van der Waals surface area contributed by atoms with Crippen molar-refractivity contribution in [1.29, 1.82) is 0 Å². The first-order valence-electron chi connectivity index (χ1n) is 8.65. The molecule has 2 atom stereocenters. The molecular weight excluding hydrogens is 356 g/mol. The third-order valence-electron chi connectivity index (χ3n) is 5.92. The molecule has 1 aliphatic carbocycles. The Morgan fingerprint density at radius 1 is 1.26 bits per heavy atom. The fourth-order valence-electron chi connectivity index (χ4n) is 4.80. The Bertz CT molecular complexity index is 613. The number of aryl methyl sites for hydroxylation is 1. The molecule has 3 aliphatic heterocycles. The number of fused-ring (bicyclic) bond motifs is 4. The molecule has 124 valence electrons. The van der Waals surface area contributed by atoms with Gasteiger partial charge in [-0.1, -0.05) is 22.0 Å². The normalized spacial score (nSPS) is 32.4. The zero-order valence-corrected chi connectivity index (χ0v) is 14.8. The highest BCUT2D eigenvalue weighted by Crippen LogP contribution is 2.41. The van der Waals surface area contributed by atoms with Crippen LogP contribution in [-0.4, -0.2) is 46.7 Å². The van der Waals surface area contributed by atoms with Gasteiger partial charge in [0.25, 0.3) is 0 Å². The molecule has 23 heavy (non-hydrogen) atoms. The monoisotopic (exact) mass is 378 g/mol. The first-order valence-corrected chi connectivity index (χ1v) is 9.44. The van der Waals surface area contributed by atoms with E-state index >= 15 is 0 Å². The molecule has 1 N–H and O–H groups in total. The summed E-state index contributed by atoms with van der Waals surface area (Å²) in [6.07, 6.45) is 4.62. The topological polar surface area (TPSA) is 43.8 Å². The Hall–Kier alpha value is -1.07. The Labute approximate surface area is 145 Å². The molecule has 2 unspecified atom stereocenters. The van der Waals surface area contributed by atoms with Crippen molar-refractivity contribution in [2.24, 2.45) is 5.92 Å². The van der Waals surface area contributed by atoms with Gasteiger partial charge in [0.2, 0.25) is 0 Å². The van der Waals surface area contributed by atoms with Crippen molar-refractivity contribution in [2.75, 3.05) is 19.6 Å². The largest absolute Gasteiger partial charge is 0.465 e. The summed E-state index contributed by atoms with van der Waals surface area (Å²) in [5, 5.41) is 9.98. The minimum absolute atomic E-state index is 0.0231. The van der Waals surface area contributed by atoms with Gasteiger partial charge in [0.05, 0.1) is 12.1 Å². The first kappa shape index (κ1) is 15.5. The van der Waals surface area contributed by atoms with Crippen molar-refractivity contribution in [2.45, 2.75) is 44.2 Å². The number of benzene rings is 1. The average molecular weight is 379 g/mol. The average Bonchev–Trinajstić information content (AvgIpc) is 2.56. The number of carbonyl (C=O) groups is 1. The van der Waals surface area contributed by atoms with Crippen LogP contribution in [0.25, 0.3) is 0 Å². The third-order valence-corrected chi connectivity index (χ3v) is 6.42. The molecule has 3 heterocycles. The zero-order chi connectivity index (χ0) is 16.0. The number of hydrogen-bond donors (Lipinski definition) is 1. The van der Waals surface area contributed by atoms with E-state index in [-0.39, 0.29) is 12.1 Å². The number of amides is 1. The molecule has 5 rings (SSSR count). The predicted molar refractivity (Wildman–Crippen MR) is 92.6 cm³/mol. The fourth-order valence-corrected chi connectivity index (χ4v) is 5.21. The highest BCUT2D eigenvalue weighted by Gasteiger charge is 2.43. The second-order valence-corrected chi connectivity index (χ2v) is 8.06. The van der Waals surface area contributed by atoms with Crippen LogP contribution in [0.4, 0.5) is 4.79 Å². The van der Waals surface area contributed by atoms with Gasteiger partial charge in [0, 0.05) is 11.0 Å². The van der Waals surface area contributed by atoms with E-state index in [2.05, 4.69) is 33.0 Å². The summed E-state index contributed by atoms with van der Waals surface area (Å²) in [6, 6.07) is 6.52. The number of halogens is 1. The van der Waals surface area contributed by atoms with Crippen LogP contribution in [0, 0.1) is 5.92 Å². The summed E-state index contributed by atoms with van der Waals surface area (Å²) in [5.41, 5.74) is 2.53. The minimum atomic E-state index is -0.746. The van der Waals surface area contributed by atoms with Crippen molar-refractivity contribution in [1.82, 2.24) is 9.80 Å². The Morgan fingerprint density at radius 2 is 2.04 bits per heavy atom. The maximum Gasteiger partial charge on any atom is 0.408 e. The molecule has 3 fully saturated rings. The van der Waals surface area contributed by atoms with Gasteiger partial charge >= 0.3 is 6.09 Å². The van der Waals surface area contributed by atoms with E-state index in [1.54, 1.807) is 0 Å². The lowest BCUT2D eigenvalue weighted by Gasteiger charge is -2.50. The van der Waals surface area contributed by atoms with Gasteiger partial charge in [-0.2, -0.15) is 0 Å². The first-order chi connectivity index (χ1) is 11.1. The maximum absolute atomic E-state index is 12.1. The van der Waals surface area contributed by atoms with Gasteiger partial charge in [-0.25, -0.2) is 4.79 Å². The summed E-state index contributed by atoms with van der Waals surface area (Å²) in [7, 11) is 0. The summed E-state index contributed by atoms with van der Waals surface area (Å²) in [6.45, 7) is 3.20. The summed E-state index contributed by atoms with van der Waals surface area (Å²) < 4.78 is 1.08. The molecule has 1 aromatic carbocycles. The number of piperidine rings is 3. The van der Waals surface area contributed by atoms with Gasteiger partial charge in [-0.05, 0) is 74.4 Å². The Kier molecular flexibility index (Phi) is 4.10. The predicted octanol–water partition coefficient (Wildman–Crippen LogP) is 3.90. The van der Waals surface area contributed by atoms with E-state index in [0.717, 1.165) is 56.2 Å². The van der Waals surface area contributed by atoms with Crippen LogP contribution in [0.3, 0.4) is 0 Å². The molecule has 1 amide bonds. The van der Waals surface area contributed by atoms with Gasteiger partial charge in [-0.3, -0.25) is 4.90 Å². The lowest BCUT2D eigenvalue weighted by atomic mass is 9.80. The zero-order valence-electron chi connectivity index (χ0n) is 13.2. The van der Waals surface area contributed by atoms with Crippen LogP contribution in [0.1, 0.15) is 42.9 Å². The second-order valence-electron chi connectivity index (χ2n) is 7.15. The van der Waals surface area contributed by atoms with Crippen LogP contribution < -0.4 is 0 Å². The highest BCUT2D eigenvalue weighted by atomic mass is 79.9. The van der Waals surface area contributed by atoms with Gasteiger partial charge in [0.1, 0.15) is 0 Å². The second kappa shape index (κ2) is 6.10. The molecule has 4 aliphatic rings. The Morgan fingerprint density at radius 3 is 2.70 bits per heavy atom. The molecule has 0 saturated carbocycles. The van der Waals surface area contributed by atoms with Crippen molar-refractivity contribution < 1.29 is 9.90 Å². The molecule has 2 bridgehead atoms. The van der Waals surface area contributed by atoms with E-state index in [9.17, 15) is 9.90 Å². The quantitative estimate of drug-likeness (QED) is 0.848.